The van der Waals surface area contributed by atoms with Gasteiger partial charge in [-0.2, -0.15) is 0 Å². The Hall–Kier alpha value is -0.120. The van der Waals surface area contributed by atoms with Gasteiger partial charge in [-0.05, 0) is 18.8 Å². The zero-order valence-electron chi connectivity index (χ0n) is 11.0. The van der Waals surface area contributed by atoms with Gasteiger partial charge in [0.15, 0.2) is 0 Å². The number of aliphatic hydroxyl groups is 1. The quantitative estimate of drug-likeness (QED) is 0.755. The molecule has 1 fully saturated rings. The van der Waals surface area contributed by atoms with E-state index < -0.39 is 0 Å². The average molecular weight is 229 g/mol. The Balaban J connectivity index is 2.50. The van der Waals surface area contributed by atoms with Gasteiger partial charge >= 0.3 is 0 Å². The van der Waals surface area contributed by atoms with Crippen molar-refractivity contribution in [3.63, 3.8) is 0 Å². The van der Waals surface area contributed by atoms with Crippen molar-refractivity contribution >= 4 is 0 Å². The van der Waals surface area contributed by atoms with E-state index in [0.717, 1.165) is 32.5 Å². The van der Waals surface area contributed by atoms with E-state index in [2.05, 4.69) is 18.7 Å². The fourth-order valence-electron chi connectivity index (χ4n) is 2.59. The molecular formula is C13H27NO2. The molecule has 96 valence electrons. The Kier molecular flexibility index (Phi) is 6.32. The van der Waals surface area contributed by atoms with Gasteiger partial charge in [0.1, 0.15) is 0 Å². The van der Waals surface area contributed by atoms with Crippen LogP contribution in [0.5, 0.6) is 0 Å². The second kappa shape index (κ2) is 7.25. The molecule has 1 saturated carbocycles. The van der Waals surface area contributed by atoms with E-state index in [4.69, 9.17) is 4.74 Å². The summed E-state index contributed by atoms with van der Waals surface area (Å²) >= 11 is 0. The van der Waals surface area contributed by atoms with Crippen molar-refractivity contribution in [1.29, 1.82) is 0 Å². The Morgan fingerprint density at radius 3 is 2.56 bits per heavy atom. The number of ether oxygens (including phenoxy) is 1. The van der Waals surface area contributed by atoms with E-state index >= 15 is 0 Å². The second-order valence-corrected chi connectivity index (χ2v) is 5.30. The molecule has 16 heavy (non-hydrogen) atoms. The second-order valence-electron chi connectivity index (χ2n) is 5.30. The van der Waals surface area contributed by atoms with Gasteiger partial charge in [-0.25, -0.2) is 0 Å². The van der Waals surface area contributed by atoms with Gasteiger partial charge in [0, 0.05) is 26.2 Å². The molecule has 2 unspecified atom stereocenters. The summed E-state index contributed by atoms with van der Waals surface area (Å²) in [7, 11) is 1.74. The topological polar surface area (TPSA) is 32.7 Å². The largest absolute Gasteiger partial charge is 0.391 e. The molecule has 0 aromatic carbocycles. The summed E-state index contributed by atoms with van der Waals surface area (Å²) in [5.41, 5.74) is 0. The molecule has 0 aliphatic heterocycles. The van der Waals surface area contributed by atoms with Gasteiger partial charge in [-0.3, -0.25) is 4.90 Å². The van der Waals surface area contributed by atoms with Gasteiger partial charge in [0.2, 0.25) is 0 Å². The van der Waals surface area contributed by atoms with Crippen molar-refractivity contribution in [3.05, 3.63) is 0 Å². The summed E-state index contributed by atoms with van der Waals surface area (Å²) in [5, 5.41) is 10.1. The first kappa shape index (κ1) is 13.9. The lowest BCUT2D eigenvalue weighted by molar-refractivity contribution is 0.00389. The normalized spacial score (nSPS) is 26.6. The Morgan fingerprint density at radius 1 is 1.31 bits per heavy atom. The first-order valence-electron chi connectivity index (χ1n) is 6.56. The van der Waals surface area contributed by atoms with Crippen molar-refractivity contribution in [2.45, 2.75) is 51.7 Å². The van der Waals surface area contributed by atoms with Crippen LogP contribution >= 0.6 is 0 Å². The molecule has 0 aromatic heterocycles. The minimum absolute atomic E-state index is 0.135. The van der Waals surface area contributed by atoms with E-state index in [1.54, 1.807) is 7.11 Å². The molecule has 0 bridgehead atoms. The lowest BCUT2D eigenvalue weighted by Crippen LogP contribution is -2.48. The van der Waals surface area contributed by atoms with Gasteiger partial charge in [0.05, 0.1) is 12.7 Å². The van der Waals surface area contributed by atoms with Crippen LogP contribution in [-0.4, -0.2) is 49.0 Å². The highest BCUT2D eigenvalue weighted by atomic mass is 16.5. The summed E-state index contributed by atoms with van der Waals surface area (Å²) in [4.78, 5) is 2.41. The van der Waals surface area contributed by atoms with E-state index in [0.29, 0.717) is 12.0 Å². The maximum absolute atomic E-state index is 10.1. The lowest BCUT2D eigenvalue weighted by atomic mass is 9.91. The monoisotopic (exact) mass is 229 g/mol. The molecule has 3 nitrogen and oxygen atoms in total. The molecule has 1 aliphatic carbocycles. The minimum Gasteiger partial charge on any atom is -0.391 e. The fourth-order valence-corrected chi connectivity index (χ4v) is 2.59. The third-order valence-corrected chi connectivity index (χ3v) is 3.35. The molecule has 0 radical (unpaired) electrons. The molecule has 1 N–H and O–H groups in total. The average Bonchev–Trinajstić information content (AvgIpc) is 2.24. The molecule has 3 heteroatoms. The van der Waals surface area contributed by atoms with Crippen LogP contribution in [0.3, 0.4) is 0 Å². The predicted octanol–water partition coefficient (Wildman–Crippen LogP) is 1.89. The smallest absolute Gasteiger partial charge is 0.0695 e. The van der Waals surface area contributed by atoms with Gasteiger partial charge in [-0.1, -0.05) is 26.7 Å². The maximum Gasteiger partial charge on any atom is 0.0695 e. The number of rotatable bonds is 6. The van der Waals surface area contributed by atoms with E-state index in [9.17, 15) is 5.11 Å². The van der Waals surface area contributed by atoms with Crippen molar-refractivity contribution in [1.82, 2.24) is 4.90 Å². The lowest BCUT2D eigenvalue weighted by Gasteiger charge is -2.38. The number of aliphatic hydroxyl groups excluding tert-OH is 1. The van der Waals surface area contributed by atoms with Crippen LogP contribution < -0.4 is 0 Å². The summed E-state index contributed by atoms with van der Waals surface area (Å²) in [6, 6.07) is 0.353. The van der Waals surface area contributed by atoms with E-state index in [1.807, 2.05) is 0 Å². The summed E-state index contributed by atoms with van der Waals surface area (Å²) in [6.45, 7) is 7.22. The maximum atomic E-state index is 10.1. The third kappa shape index (κ3) is 4.40. The van der Waals surface area contributed by atoms with Crippen molar-refractivity contribution in [2.24, 2.45) is 5.92 Å². The first-order chi connectivity index (χ1) is 7.65. The van der Waals surface area contributed by atoms with E-state index in [1.165, 1.54) is 12.8 Å². The van der Waals surface area contributed by atoms with Crippen molar-refractivity contribution < 1.29 is 9.84 Å². The molecule has 0 saturated heterocycles. The molecule has 0 heterocycles. The summed E-state index contributed by atoms with van der Waals surface area (Å²) in [5.74, 6) is 0.644. The summed E-state index contributed by atoms with van der Waals surface area (Å²) in [6.07, 6.45) is 4.40. The Bertz CT molecular complexity index is 185. The van der Waals surface area contributed by atoms with Gasteiger partial charge < -0.3 is 9.84 Å². The standard InChI is InChI=1S/C13H27NO2/c1-11(2)10-14(8-9-16-3)12-6-4-5-7-13(12)15/h11-13,15H,4-10H2,1-3H3. The minimum atomic E-state index is -0.135. The molecule has 1 aliphatic rings. The van der Waals surface area contributed by atoms with Crippen LogP contribution in [0.15, 0.2) is 0 Å². The number of nitrogens with zero attached hydrogens (tertiary/aromatic N) is 1. The van der Waals surface area contributed by atoms with Crippen LogP contribution in [0.4, 0.5) is 0 Å². The molecule has 0 amide bonds. The predicted molar refractivity (Wildman–Crippen MR) is 66.5 cm³/mol. The highest BCUT2D eigenvalue weighted by molar-refractivity contribution is 4.83. The van der Waals surface area contributed by atoms with Crippen molar-refractivity contribution in [3.8, 4) is 0 Å². The molecule has 1 rings (SSSR count). The van der Waals surface area contributed by atoms with Gasteiger partial charge in [-0.15, -0.1) is 0 Å². The van der Waals surface area contributed by atoms with Crippen LogP contribution in [-0.2, 0) is 4.74 Å². The SMILES string of the molecule is COCCN(CC(C)C)C1CCCCC1O. The van der Waals surface area contributed by atoms with Gasteiger partial charge in [0.25, 0.3) is 0 Å². The molecule has 0 aromatic rings. The molecule has 2 atom stereocenters. The zero-order chi connectivity index (χ0) is 12.0. The van der Waals surface area contributed by atoms with Crippen LogP contribution in [0, 0.1) is 5.92 Å². The number of hydrogen-bond donors (Lipinski definition) is 1. The third-order valence-electron chi connectivity index (χ3n) is 3.35. The first-order valence-corrected chi connectivity index (χ1v) is 6.56. The number of hydrogen-bond acceptors (Lipinski definition) is 3. The van der Waals surface area contributed by atoms with Crippen LogP contribution in [0.1, 0.15) is 39.5 Å². The highest BCUT2D eigenvalue weighted by Crippen LogP contribution is 2.23. The fraction of sp³-hybridized carbons (Fsp3) is 1.00. The summed E-state index contributed by atoms with van der Waals surface area (Å²) < 4.78 is 5.16. The Labute approximate surface area is 99.8 Å². The highest BCUT2D eigenvalue weighted by Gasteiger charge is 2.28. The zero-order valence-corrected chi connectivity index (χ0v) is 11.0. The van der Waals surface area contributed by atoms with Crippen molar-refractivity contribution in [2.75, 3.05) is 26.8 Å². The van der Waals surface area contributed by atoms with E-state index in [-0.39, 0.29) is 6.10 Å². The van der Waals surface area contributed by atoms with Crippen LogP contribution in [0.2, 0.25) is 0 Å². The molecular weight excluding hydrogens is 202 g/mol. The molecule has 0 spiro atoms. The number of methoxy groups -OCH3 is 1. The Morgan fingerprint density at radius 2 is 2.00 bits per heavy atom. The van der Waals surface area contributed by atoms with Crippen LogP contribution in [0.25, 0.3) is 0 Å².